The first-order chi connectivity index (χ1) is 6.22. The minimum atomic E-state index is 0.207. The summed E-state index contributed by atoms with van der Waals surface area (Å²) in [4.78, 5) is 7.75. The number of nitrogens with zero attached hydrogens (tertiary/aromatic N) is 2. The van der Waals surface area contributed by atoms with Gasteiger partial charge in [0.1, 0.15) is 11.6 Å². The van der Waals surface area contributed by atoms with Crippen molar-refractivity contribution < 1.29 is 0 Å². The summed E-state index contributed by atoms with van der Waals surface area (Å²) in [7, 11) is 0. The largest absolute Gasteiger partial charge is 0.383 e. The number of hydrogen-bond acceptors (Lipinski definition) is 5. The fourth-order valence-corrected chi connectivity index (χ4v) is 0.969. The number of nitrogen functional groups attached to an aromatic ring is 2. The lowest BCUT2D eigenvalue weighted by atomic mass is 10.3. The highest BCUT2D eigenvalue weighted by atomic mass is 15.1. The van der Waals surface area contributed by atoms with Gasteiger partial charge in [0.25, 0.3) is 0 Å². The van der Waals surface area contributed by atoms with Gasteiger partial charge in [0.05, 0.1) is 0 Å². The van der Waals surface area contributed by atoms with E-state index in [1.807, 2.05) is 0 Å². The Bertz CT molecular complexity index is 253. The molecule has 0 bridgehead atoms. The summed E-state index contributed by atoms with van der Waals surface area (Å²) in [5.41, 5.74) is 10.9. The highest BCUT2D eigenvalue weighted by molar-refractivity contribution is 5.48. The molecule has 13 heavy (non-hydrogen) atoms. The van der Waals surface area contributed by atoms with Crippen molar-refractivity contribution in [2.45, 2.75) is 19.8 Å². The quantitative estimate of drug-likeness (QED) is 0.599. The van der Waals surface area contributed by atoms with E-state index in [1.165, 1.54) is 0 Å². The van der Waals surface area contributed by atoms with E-state index in [-0.39, 0.29) is 5.95 Å². The predicted octanol–water partition coefficient (Wildman–Crippen LogP) is 0.853. The van der Waals surface area contributed by atoms with Crippen molar-refractivity contribution in [3.8, 4) is 0 Å². The number of nitrogens with one attached hydrogen (secondary N) is 1. The first-order valence-corrected chi connectivity index (χ1v) is 4.36. The van der Waals surface area contributed by atoms with Gasteiger partial charge in [-0.05, 0) is 6.42 Å². The molecule has 5 nitrogen and oxygen atoms in total. The van der Waals surface area contributed by atoms with Crippen LogP contribution >= 0.6 is 0 Å². The summed E-state index contributed by atoms with van der Waals surface area (Å²) in [6.45, 7) is 3.01. The summed E-state index contributed by atoms with van der Waals surface area (Å²) < 4.78 is 0. The summed E-state index contributed by atoms with van der Waals surface area (Å²) in [5.74, 6) is 1.30. The van der Waals surface area contributed by atoms with Gasteiger partial charge in [-0.25, -0.2) is 0 Å². The SMILES string of the molecule is CCCCNc1cc(N)nc(N)n1. The predicted molar refractivity (Wildman–Crippen MR) is 54.3 cm³/mol. The maximum Gasteiger partial charge on any atom is 0.223 e. The molecule has 5 heteroatoms. The zero-order valence-electron chi connectivity index (χ0n) is 7.75. The standard InChI is InChI=1S/C8H15N5/c1-2-3-4-11-7-5-6(9)12-8(10)13-7/h5H,2-4H2,1H3,(H5,9,10,11,12,13). The van der Waals surface area contributed by atoms with Gasteiger partial charge in [0.15, 0.2) is 0 Å². The van der Waals surface area contributed by atoms with Crippen LogP contribution in [-0.2, 0) is 0 Å². The summed E-state index contributed by atoms with van der Waals surface area (Å²) in [6.07, 6.45) is 2.24. The Morgan fingerprint density at radius 2 is 2.15 bits per heavy atom. The normalized spacial score (nSPS) is 9.92. The van der Waals surface area contributed by atoms with Crippen molar-refractivity contribution in [1.82, 2.24) is 9.97 Å². The third-order valence-corrected chi connectivity index (χ3v) is 1.60. The minimum Gasteiger partial charge on any atom is -0.383 e. The van der Waals surface area contributed by atoms with Crippen LogP contribution in [0.4, 0.5) is 17.6 Å². The molecule has 0 spiro atoms. The maximum absolute atomic E-state index is 5.49. The van der Waals surface area contributed by atoms with Crippen LogP contribution in [0.3, 0.4) is 0 Å². The average molecular weight is 181 g/mol. The first kappa shape index (κ1) is 9.57. The molecule has 0 atom stereocenters. The lowest BCUT2D eigenvalue weighted by Crippen LogP contribution is -2.07. The average Bonchev–Trinajstić information content (AvgIpc) is 2.03. The third-order valence-electron chi connectivity index (χ3n) is 1.60. The van der Waals surface area contributed by atoms with Crippen molar-refractivity contribution in [3.05, 3.63) is 6.07 Å². The molecule has 0 radical (unpaired) electrons. The van der Waals surface area contributed by atoms with E-state index in [9.17, 15) is 0 Å². The Balaban J connectivity index is 2.56. The molecule has 0 amide bonds. The van der Waals surface area contributed by atoms with Crippen LogP contribution in [0.15, 0.2) is 6.07 Å². The van der Waals surface area contributed by atoms with Crippen molar-refractivity contribution in [1.29, 1.82) is 0 Å². The summed E-state index contributed by atoms with van der Waals surface area (Å²) in [6, 6.07) is 1.67. The second kappa shape index (κ2) is 4.49. The fourth-order valence-electron chi connectivity index (χ4n) is 0.969. The van der Waals surface area contributed by atoms with Gasteiger partial charge in [0, 0.05) is 12.6 Å². The highest BCUT2D eigenvalue weighted by Crippen LogP contribution is 2.08. The van der Waals surface area contributed by atoms with Crippen molar-refractivity contribution in [2.24, 2.45) is 0 Å². The van der Waals surface area contributed by atoms with E-state index in [0.29, 0.717) is 11.6 Å². The first-order valence-electron chi connectivity index (χ1n) is 4.36. The second-order valence-electron chi connectivity index (χ2n) is 2.82. The smallest absolute Gasteiger partial charge is 0.223 e. The van der Waals surface area contributed by atoms with Crippen molar-refractivity contribution in [3.63, 3.8) is 0 Å². The molecule has 0 aliphatic carbocycles. The number of unbranched alkanes of at least 4 members (excludes halogenated alkanes) is 1. The Morgan fingerprint density at radius 3 is 2.77 bits per heavy atom. The molecule has 1 heterocycles. The summed E-state index contributed by atoms with van der Waals surface area (Å²) >= 11 is 0. The third kappa shape index (κ3) is 3.14. The zero-order valence-corrected chi connectivity index (χ0v) is 7.75. The number of rotatable bonds is 4. The molecular formula is C8H15N5. The van der Waals surface area contributed by atoms with Gasteiger partial charge < -0.3 is 16.8 Å². The van der Waals surface area contributed by atoms with E-state index in [1.54, 1.807) is 6.07 Å². The van der Waals surface area contributed by atoms with E-state index >= 15 is 0 Å². The second-order valence-corrected chi connectivity index (χ2v) is 2.82. The van der Waals surface area contributed by atoms with E-state index in [2.05, 4.69) is 22.2 Å². The number of nitrogens with two attached hydrogens (primary N) is 2. The van der Waals surface area contributed by atoms with Gasteiger partial charge in [-0.2, -0.15) is 9.97 Å². The topological polar surface area (TPSA) is 89.8 Å². The van der Waals surface area contributed by atoms with Gasteiger partial charge >= 0.3 is 0 Å². The zero-order chi connectivity index (χ0) is 9.68. The lowest BCUT2D eigenvalue weighted by molar-refractivity contribution is 0.831. The molecule has 5 N–H and O–H groups in total. The lowest BCUT2D eigenvalue weighted by Gasteiger charge is -2.05. The maximum atomic E-state index is 5.49. The van der Waals surface area contributed by atoms with Crippen LogP contribution in [-0.4, -0.2) is 16.5 Å². The molecule has 0 saturated heterocycles. The van der Waals surface area contributed by atoms with Crippen LogP contribution in [0.2, 0.25) is 0 Å². The molecular weight excluding hydrogens is 166 g/mol. The number of hydrogen-bond donors (Lipinski definition) is 3. The number of anilines is 3. The fraction of sp³-hybridized carbons (Fsp3) is 0.500. The van der Waals surface area contributed by atoms with Crippen LogP contribution in [0.1, 0.15) is 19.8 Å². The van der Waals surface area contributed by atoms with Crippen LogP contribution in [0, 0.1) is 0 Å². The van der Waals surface area contributed by atoms with Crippen LogP contribution in [0.25, 0.3) is 0 Å². The number of aromatic nitrogens is 2. The van der Waals surface area contributed by atoms with Crippen LogP contribution < -0.4 is 16.8 Å². The molecule has 72 valence electrons. The molecule has 0 unspecified atom stereocenters. The molecule has 0 aliphatic rings. The molecule has 0 saturated carbocycles. The van der Waals surface area contributed by atoms with Gasteiger partial charge in [-0.15, -0.1) is 0 Å². The Labute approximate surface area is 77.6 Å². The molecule has 0 aliphatic heterocycles. The highest BCUT2D eigenvalue weighted by Gasteiger charge is 1.97. The minimum absolute atomic E-state index is 0.207. The molecule has 1 aromatic rings. The van der Waals surface area contributed by atoms with Crippen LogP contribution in [0.5, 0.6) is 0 Å². The Kier molecular flexibility index (Phi) is 3.31. The molecule has 1 aromatic heterocycles. The van der Waals surface area contributed by atoms with Crippen molar-refractivity contribution in [2.75, 3.05) is 23.3 Å². The molecule has 0 fully saturated rings. The van der Waals surface area contributed by atoms with E-state index < -0.39 is 0 Å². The Morgan fingerprint density at radius 1 is 1.38 bits per heavy atom. The van der Waals surface area contributed by atoms with E-state index in [0.717, 1.165) is 19.4 Å². The van der Waals surface area contributed by atoms with Gasteiger partial charge in [-0.1, -0.05) is 13.3 Å². The van der Waals surface area contributed by atoms with Gasteiger partial charge in [-0.3, -0.25) is 0 Å². The molecule has 0 aromatic carbocycles. The van der Waals surface area contributed by atoms with E-state index in [4.69, 9.17) is 11.5 Å². The van der Waals surface area contributed by atoms with Gasteiger partial charge in [0.2, 0.25) is 5.95 Å². The summed E-state index contributed by atoms with van der Waals surface area (Å²) in [5, 5.41) is 3.12. The monoisotopic (exact) mass is 181 g/mol. The van der Waals surface area contributed by atoms with Crippen molar-refractivity contribution >= 4 is 17.6 Å². The Hall–Kier alpha value is -1.52. The molecule has 1 rings (SSSR count).